The Morgan fingerprint density at radius 1 is 1.40 bits per heavy atom. The molecule has 2 atom stereocenters. The second kappa shape index (κ2) is 6.59. The maximum atomic E-state index is 6.52. The minimum Gasteiger partial charge on any atom is -0.497 e. The van der Waals surface area contributed by atoms with E-state index < -0.39 is 0 Å². The molecule has 20 heavy (non-hydrogen) atoms. The van der Waals surface area contributed by atoms with E-state index in [4.69, 9.17) is 10.5 Å². The molecule has 0 amide bonds. The summed E-state index contributed by atoms with van der Waals surface area (Å²) in [7, 11) is 3.92. The molecule has 112 valence electrons. The van der Waals surface area contributed by atoms with Crippen molar-refractivity contribution in [3.05, 3.63) is 29.3 Å². The lowest BCUT2D eigenvalue weighted by molar-refractivity contribution is 0.183. The van der Waals surface area contributed by atoms with Crippen LogP contribution in [-0.4, -0.2) is 31.6 Å². The van der Waals surface area contributed by atoms with Gasteiger partial charge in [-0.3, -0.25) is 0 Å². The topological polar surface area (TPSA) is 38.5 Å². The Balaban J connectivity index is 2.11. The molecule has 3 nitrogen and oxygen atoms in total. The van der Waals surface area contributed by atoms with Gasteiger partial charge < -0.3 is 15.4 Å². The summed E-state index contributed by atoms with van der Waals surface area (Å²) >= 11 is 0. The fourth-order valence-electron chi connectivity index (χ4n) is 3.05. The highest BCUT2D eigenvalue weighted by atomic mass is 16.5. The summed E-state index contributed by atoms with van der Waals surface area (Å²) in [6.45, 7) is 5.67. The first-order chi connectivity index (χ1) is 9.52. The Bertz CT molecular complexity index is 445. The summed E-state index contributed by atoms with van der Waals surface area (Å²) in [6, 6.07) is 6.84. The van der Waals surface area contributed by atoms with Crippen LogP contribution >= 0.6 is 0 Å². The van der Waals surface area contributed by atoms with Crippen LogP contribution in [-0.2, 0) is 6.42 Å². The first kappa shape index (κ1) is 15.3. The maximum absolute atomic E-state index is 6.52. The maximum Gasteiger partial charge on any atom is 0.119 e. The molecule has 2 unspecified atom stereocenters. The quantitative estimate of drug-likeness (QED) is 0.898. The molecule has 0 aromatic heterocycles. The Morgan fingerprint density at radius 2 is 2.15 bits per heavy atom. The van der Waals surface area contributed by atoms with Crippen LogP contribution in [0.2, 0.25) is 0 Å². The third-order valence-electron chi connectivity index (χ3n) is 4.46. The van der Waals surface area contributed by atoms with E-state index in [-0.39, 0.29) is 6.04 Å². The van der Waals surface area contributed by atoms with E-state index in [0.29, 0.717) is 6.04 Å². The van der Waals surface area contributed by atoms with E-state index in [0.717, 1.165) is 31.1 Å². The van der Waals surface area contributed by atoms with Gasteiger partial charge in [0.2, 0.25) is 0 Å². The molecule has 2 N–H and O–H groups in total. The Hall–Kier alpha value is -1.06. The Kier molecular flexibility index (Phi) is 5.06. The molecule has 1 aliphatic rings. The summed E-state index contributed by atoms with van der Waals surface area (Å²) in [5.41, 5.74) is 9.17. The van der Waals surface area contributed by atoms with Crippen molar-refractivity contribution >= 4 is 0 Å². The zero-order valence-electron chi connectivity index (χ0n) is 13.2. The van der Waals surface area contributed by atoms with Gasteiger partial charge in [0.1, 0.15) is 5.75 Å². The van der Waals surface area contributed by atoms with Crippen LogP contribution in [0.1, 0.15) is 43.9 Å². The number of benzene rings is 1. The average Bonchev–Trinajstić information content (AvgIpc) is 2.45. The van der Waals surface area contributed by atoms with Crippen LogP contribution in [0.3, 0.4) is 0 Å². The van der Waals surface area contributed by atoms with Crippen molar-refractivity contribution in [1.29, 1.82) is 0 Å². The molecule has 0 spiro atoms. The van der Waals surface area contributed by atoms with Crippen molar-refractivity contribution in [1.82, 2.24) is 4.90 Å². The fraction of sp³-hybridized carbons (Fsp3) is 0.647. The third kappa shape index (κ3) is 3.33. The first-order valence-electron chi connectivity index (χ1n) is 7.65. The van der Waals surface area contributed by atoms with Gasteiger partial charge in [-0.05, 0) is 62.0 Å². The van der Waals surface area contributed by atoms with E-state index in [2.05, 4.69) is 37.9 Å². The minimum absolute atomic E-state index is 0.0889. The predicted octanol–water partition coefficient (Wildman–Crippen LogP) is 2.99. The average molecular weight is 276 g/mol. The molecular weight excluding hydrogens is 248 g/mol. The molecule has 3 heteroatoms. The highest BCUT2D eigenvalue weighted by Crippen LogP contribution is 2.33. The van der Waals surface area contributed by atoms with E-state index in [1.165, 1.54) is 17.5 Å². The molecule has 1 aromatic carbocycles. The normalized spacial score (nSPS) is 22.1. The van der Waals surface area contributed by atoms with Crippen LogP contribution in [0.4, 0.5) is 0 Å². The van der Waals surface area contributed by atoms with Crippen molar-refractivity contribution in [2.24, 2.45) is 11.7 Å². The number of nitrogens with two attached hydrogens (primary N) is 1. The van der Waals surface area contributed by atoms with Gasteiger partial charge in [0, 0.05) is 12.1 Å². The smallest absolute Gasteiger partial charge is 0.119 e. The largest absolute Gasteiger partial charge is 0.497 e. The van der Waals surface area contributed by atoms with Gasteiger partial charge in [0.15, 0.2) is 0 Å². The lowest BCUT2D eigenvalue weighted by Gasteiger charge is -2.37. The van der Waals surface area contributed by atoms with Crippen LogP contribution in [0.5, 0.6) is 5.75 Å². The SMILES string of the molecule is COc1ccc2c(c1)C(N)C(N(C)CCC(C)C)CC2. The first-order valence-corrected chi connectivity index (χ1v) is 7.65. The highest BCUT2D eigenvalue weighted by molar-refractivity contribution is 5.40. The van der Waals surface area contributed by atoms with Gasteiger partial charge in [0.05, 0.1) is 7.11 Å². The van der Waals surface area contributed by atoms with Gasteiger partial charge in [-0.1, -0.05) is 19.9 Å². The minimum atomic E-state index is 0.0889. The van der Waals surface area contributed by atoms with Crippen molar-refractivity contribution in [3.63, 3.8) is 0 Å². The van der Waals surface area contributed by atoms with E-state index in [1.54, 1.807) is 7.11 Å². The molecular formula is C17H28N2O. The molecule has 1 aromatic rings. The van der Waals surface area contributed by atoms with Crippen molar-refractivity contribution in [2.45, 2.75) is 45.2 Å². The molecule has 1 aliphatic carbocycles. The monoisotopic (exact) mass is 276 g/mol. The van der Waals surface area contributed by atoms with Gasteiger partial charge >= 0.3 is 0 Å². The molecule has 0 aliphatic heterocycles. The number of aryl methyl sites for hydroxylation is 1. The number of likely N-dealkylation sites (N-methyl/N-ethyl adjacent to an activating group) is 1. The molecule has 2 rings (SSSR count). The standard InChI is InChI=1S/C17H28N2O/c1-12(2)9-10-19(3)16-8-6-13-5-7-14(20-4)11-15(13)17(16)18/h5,7,11-12,16-17H,6,8-10,18H2,1-4H3. The Labute approximate surface area is 123 Å². The summed E-state index contributed by atoms with van der Waals surface area (Å²) in [4.78, 5) is 2.44. The molecule has 0 radical (unpaired) electrons. The van der Waals surface area contributed by atoms with E-state index >= 15 is 0 Å². The zero-order chi connectivity index (χ0) is 14.7. The number of hydrogen-bond donors (Lipinski definition) is 1. The number of hydrogen-bond acceptors (Lipinski definition) is 3. The van der Waals surface area contributed by atoms with Crippen molar-refractivity contribution in [2.75, 3.05) is 20.7 Å². The zero-order valence-corrected chi connectivity index (χ0v) is 13.2. The van der Waals surface area contributed by atoms with Crippen LogP contribution in [0, 0.1) is 5.92 Å². The van der Waals surface area contributed by atoms with Crippen LogP contribution in [0.25, 0.3) is 0 Å². The number of fused-ring (bicyclic) bond motifs is 1. The number of ether oxygens (including phenoxy) is 1. The van der Waals surface area contributed by atoms with Gasteiger partial charge in [0.25, 0.3) is 0 Å². The van der Waals surface area contributed by atoms with Gasteiger partial charge in [-0.25, -0.2) is 0 Å². The number of methoxy groups -OCH3 is 1. The molecule has 0 heterocycles. The molecule has 0 saturated heterocycles. The van der Waals surface area contributed by atoms with Gasteiger partial charge in [-0.15, -0.1) is 0 Å². The fourth-order valence-corrected chi connectivity index (χ4v) is 3.05. The third-order valence-corrected chi connectivity index (χ3v) is 4.46. The van der Waals surface area contributed by atoms with Crippen molar-refractivity contribution in [3.8, 4) is 5.75 Å². The molecule has 0 fully saturated rings. The van der Waals surface area contributed by atoms with Crippen LogP contribution < -0.4 is 10.5 Å². The summed E-state index contributed by atoms with van der Waals surface area (Å²) in [6.07, 6.45) is 3.49. The summed E-state index contributed by atoms with van der Waals surface area (Å²) < 4.78 is 5.33. The summed E-state index contributed by atoms with van der Waals surface area (Å²) in [5.74, 6) is 1.65. The van der Waals surface area contributed by atoms with Crippen molar-refractivity contribution < 1.29 is 4.74 Å². The second-order valence-corrected chi connectivity index (χ2v) is 6.36. The molecule has 0 bridgehead atoms. The Morgan fingerprint density at radius 3 is 2.80 bits per heavy atom. The lowest BCUT2D eigenvalue weighted by atomic mass is 9.83. The van der Waals surface area contributed by atoms with Gasteiger partial charge in [-0.2, -0.15) is 0 Å². The number of nitrogens with zero attached hydrogens (tertiary/aromatic N) is 1. The van der Waals surface area contributed by atoms with E-state index in [9.17, 15) is 0 Å². The second-order valence-electron chi connectivity index (χ2n) is 6.36. The van der Waals surface area contributed by atoms with E-state index in [1.807, 2.05) is 6.07 Å². The predicted molar refractivity (Wildman–Crippen MR) is 84.1 cm³/mol. The number of rotatable bonds is 5. The highest BCUT2D eigenvalue weighted by Gasteiger charge is 2.29. The van der Waals surface area contributed by atoms with Crippen LogP contribution in [0.15, 0.2) is 18.2 Å². The molecule has 0 saturated carbocycles. The summed E-state index contributed by atoms with van der Waals surface area (Å²) in [5, 5.41) is 0. The lowest BCUT2D eigenvalue weighted by Crippen LogP contribution is -2.44.